The van der Waals surface area contributed by atoms with Crippen molar-refractivity contribution in [1.29, 1.82) is 0 Å². The average Bonchev–Trinajstić information content (AvgIpc) is 2.78. The minimum atomic E-state index is -1.09. The molecular weight excluding hydrogens is 208 g/mol. The monoisotopic (exact) mass is 220 g/mol. The topological polar surface area (TPSA) is 66.6 Å². The van der Waals surface area contributed by atoms with E-state index in [1.54, 1.807) is 0 Å². The number of piperidine rings is 1. The number of anilines is 1. The van der Waals surface area contributed by atoms with Gasteiger partial charge in [-0.3, -0.25) is 0 Å². The van der Waals surface area contributed by atoms with Crippen molar-refractivity contribution in [3.8, 4) is 12.3 Å². The molecule has 1 aliphatic rings. The van der Waals surface area contributed by atoms with Crippen molar-refractivity contribution in [3.63, 3.8) is 0 Å². The molecule has 2 rings (SSSR count). The smallest absolute Gasteiger partial charge is 0.357 e. The van der Waals surface area contributed by atoms with Crippen LogP contribution in [0.2, 0.25) is 0 Å². The minimum Gasteiger partial charge on any atom is -0.476 e. The Labute approximate surface area is 93.1 Å². The molecule has 84 valence electrons. The average molecular weight is 220 g/mol. The van der Waals surface area contributed by atoms with Crippen molar-refractivity contribution >= 4 is 12.0 Å². The van der Waals surface area contributed by atoms with E-state index in [2.05, 4.69) is 10.9 Å². The summed E-state index contributed by atoms with van der Waals surface area (Å²) in [6.45, 7) is 0.758. The molecule has 1 aliphatic heterocycles. The first-order valence-corrected chi connectivity index (χ1v) is 5.14. The molecule has 0 amide bonds. The number of aromatic carboxylic acids is 1. The van der Waals surface area contributed by atoms with Crippen LogP contribution in [-0.2, 0) is 0 Å². The van der Waals surface area contributed by atoms with E-state index in [1.165, 1.54) is 0 Å². The van der Waals surface area contributed by atoms with E-state index in [0.29, 0.717) is 6.01 Å². The minimum absolute atomic E-state index is 0.0472. The summed E-state index contributed by atoms with van der Waals surface area (Å²) >= 11 is 0. The molecule has 16 heavy (non-hydrogen) atoms. The van der Waals surface area contributed by atoms with Gasteiger partial charge in [-0.2, -0.15) is 4.98 Å². The number of carbonyl (C=O) groups is 1. The summed E-state index contributed by atoms with van der Waals surface area (Å²) in [5, 5.41) is 8.74. The molecule has 1 fully saturated rings. The van der Waals surface area contributed by atoms with Crippen LogP contribution in [0.1, 0.15) is 29.8 Å². The Morgan fingerprint density at radius 3 is 3.12 bits per heavy atom. The molecule has 0 aromatic carbocycles. The van der Waals surface area contributed by atoms with E-state index in [-0.39, 0.29) is 11.7 Å². The van der Waals surface area contributed by atoms with E-state index >= 15 is 0 Å². The molecular formula is C11H12N2O3. The molecule has 1 saturated heterocycles. The largest absolute Gasteiger partial charge is 0.476 e. The van der Waals surface area contributed by atoms with Gasteiger partial charge in [0.15, 0.2) is 5.69 Å². The first-order valence-electron chi connectivity index (χ1n) is 5.14. The SMILES string of the molecule is C#CC1CCCCN1c1nc(C(=O)O)co1. The molecule has 1 N–H and O–H groups in total. The van der Waals surface area contributed by atoms with Crippen LogP contribution in [0.5, 0.6) is 0 Å². The van der Waals surface area contributed by atoms with Gasteiger partial charge in [-0.25, -0.2) is 4.79 Å². The van der Waals surface area contributed by atoms with Crippen molar-refractivity contribution in [2.75, 3.05) is 11.4 Å². The zero-order valence-electron chi connectivity index (χ0n) is 8.72. The predicted octanol–water partition coefficient (Wildman–Crippen LogP) is 1.36. The summed E-state index contributed by atoms with van der Waals surface area (Å²) in [5.41, 5.74) is -0.0867. The highest BCUT2D eigenvalue weighted by atomic mass is 16.4. The lowest BCUT2D eigenvalue weighted by molar-refractivity contribution is 0.0690. The maximum Gasteiger partial charge on any atom is 0.357 e. The van der Waals surface area contributed by atoms with Crippen molar-refractivity contribution in [2.24, 2.45) is 0 Å². The van der Waals surface area contributed by atoms with Crippen LogP contribution in [0, 0.1) is 12.3 Å². The van der Waals surface area contributed by atoms with Crippen molar-refractivity contribution in [1.82, 2.24) is 4.98 Å². The number of hydrogen-bond donors (Lipinski definition) is 1. The van der Waals surface area contributed by atoms with Gasteiger partial charge in [0.2, 0.25) is 0 Å². The van der Waals surface area contributed by atoms with E-state index in [9.17, 15) is 4.79 Å². The fourth-order valence-electron chi connectivity index (χ4n) is 1.83. The Morgan fingerprint density at radius 1 is 1.69 bits per heavy atom. The Morgan fingerprint density at radius 2 is 2.50 bits per heavy atom. The summed E-state index contributed by atoms with van der Waals surface area (Å²) < 4.78 is 5.14. The highest BCUT2D eigenvalue weighted by Gasteiger charge is 2.25. The Hall–Kier alpha value is -1.96. The third-order valence-corrected chi connectivity index (χ3v) is 2.65. The number of terminal acetylenes is 1. The second-order valence-corrected chi connectivity index (χ2v) is 3.69. The standard InChI is InChI=1S/C11H12N2O3/c1-2-8-5-3-4-6-13(8)11-12-9(7-16-11)10(14)15/h1,7-8H,3-6H2,(H,14,15). The van der Waals surface area contributed by atoms with Crippen molar-refractivity contribution in [2.45, 2.75) is 25.3 Å². The van der Waals surface area contributed by atoms with Gasteiger partial charge in [-0.1, -0.05) is 5.92 Å². The first kappa shape index (κ1) is 10.6. The lowest BCUT2D eigenvalue weighted by atomic mass is 10.0. The summed E-state index contributed by atoms with van der Waals surface area (Å²) in [6.07, 6.45) is 9.55. The van der Waals surface area contributed by atoms with Gasteiger partial charge in [0, 0.05) is 6.54 Å². The lowest BCUT2D eigenvalue weighted by Crippen LogP contribution is -2.38. The van der Waals surface area contributed by atoms with Gasteiger partial charge in [-0.15, -0.1) is 6.42 Å². The van der Waals surface area contributed by atoms with Gasteiger partial charge >= 0.3 is 5.97 Å². The van der Waals surface area contributed by atoms with E-state index in [4.69, 9.17) is 15.9 Å². The molecule has 0 bridgehead atoms. The van der Waals surface area contributed by atoms with Crippen LogP contribution < -0.4 is 4.90 Å². The Kier molecular flexibility index (Phi) is 2.82. The fraction of sp³-hybridized carbons (Fsp3) is 0.455. The zero-order chi connectivity index (χ0) is 11.5. The lowest BCUT2D eigenvalue weighted by Gasteiger charge is -2.30. The molecule has 5 nitrogen and oxygen atoms in total. The predicted molar refractivity (Wildman–Crippen MR) is 57.3 cm³/mol. The van der Waals surface area contributed by atoms with Gasteiger partial charge < -0.3 is 14.4 Å². The molecule has 0 radical (unpaired) electrons. The van der Waals surface area contributed by atoms with Crippen LogP contribution in [0.25, 0.3) is 0 Å². The van der Waals surface area contributed by atoms with E-state index < -0.39 is 5.97 Å². The highest BCUT2D eigenvalue weighted by molar-refractivity contribution is 5.85. The maximum atomic E-state index is 10.7. The molecule has 2 heterocycles. The number of oxazole rings is 1. The normalized spacial score (nSPS) is 20.4. The zero-order valence-corrected chi connectivity index (χ0v) is 8.72. The summed E-state index contributed by atoms with van der Waals surface area (Å²) in [7, 11) is 0. The number of nitrogens with zero attached hydrogens (tertiary/aromatic N) is 2. The van der Waals surface area contributed by atoms with Gasteiger partial charge in [0.1, 0.15) is 6.26 Å². The quantitative estimate of drug-likeness (QED) is 0.762. The van der Waals surface area contributed by atoms with Gasteiger partial charge in [-0.05, 0) is 19.3 Å². The number of carboxylic acids is 1. The van der Waals surface area contributed by atoms with E-state index in [0.717, 1.165) is 32.1 Å². The van der Waals surface area contributed by atoms with Crippen LogP contribution in [-0.4, -0.2) is 28.6 Å². The van der Waals surface area contributed by atoms with Crippen LogP contribution in [0.3, 0.4) is 0 Å². The third kappa shape index (κ3) is 1.87. The number of aromatic nitrogens is 1. The van der Waals surface area contributed by atoms with Crippen LogP contribution >= 0.6 is 0 Å². The van der Waals surface area contributed by atoms with Gasteiger partial charge in [0.25, 0.3) is 6.01 Å². The summed E-state index contributed by atoms with van der Waals surface area (Å²) in [6, 6.07) is 0.258. The molecule has 5 heteroatoms. The second kappa shape index (κ2) is 4.27. The number of hydrogen-bond acceptors (Lipinski definition) is 4. The Balaban J connectivity index is 2.21. The first-order chi connectivity index (χ1) is 7.72. The molecule has 1 aromatic rings. The molecule has 0 saturated carbocycles. The second-order valence-electron chi connectivity index (χ2n) is 3.69. The molecule has 1 unspecified atom stereocenters. The van der Waals surface area contributed by atoms with Crippen molar-refractivity contribution < 1.29 is 14.3 Å². The van der Waals surface area contributed by atoms with Crippen molar-refractivity contribution in [3.05, 3.63) is 12.0 Å². The number of rotatable bonds is 2. The summed E-state index contributed by atoms with van der Waals surface area (Å²) in [4.78, 5) is 16.4. The third-order valence-electron chi connectivity index (χ3n) is 2.65. The molecule has 0 spiro atoms. The highest BCUT2D eigenvalue weighted by Crippen LogP contribution is 2.23. The van der Waals surface area contributed by atoms with Crippen LogP contribution in [0.4, 0.5) is 6.01 Å². The molecule has 0 aliphatic carbocycles. The fourth-order valence-corrected chi connectivity index (χ4v) is 1.83. The Bertz CT molecular complexity index is 433. The molecule has 1 aromatic heterocycles. The number of carboxylic acid groups (broad SMARTS) is 1. The summed E-state index contributed by atoms with van der Waals surface area (Å²) in [5.74, 6) is 1.58. The molecule has 1 atom stereocenters. The maximum absolute atomic E-state index is 10.7. The van der Waals surface area contributed by atoms with E-state index in [1.807, 2.05) is 4.90 Å². The van der Waals surface area contributed by atoms with Gasteiger partial charge in [0.05, 0.1) is 6.04 Å². The van der Waals surface area contributed by atoms with Crippen LogP contribution in [0.15, 0.2) is 10.7 Å².